The minimum absolute atomic E-state index is 0.372. The van der Waals surface area contributed by atoms with E-state index in [2.05, 4.69) is 84.6 Å². The Balaban J connectivity index is -0.00000123. The van der Waals surface area contributed by atoms with Crippen molar-refractivity contribution in [2.45, 2.75) is 87.6 Å². The Kier molecular flexibility index (Phi) is 18.7. The third kappa shape index (κ3) is 14.0. The van der Waals surface area contributed by atoms with E-state index < -0.39 is 0 Å². The normalized spacial score (nSPS) is 17.0. The lowest BCUT2D eigenvalue weighted by Crippen LogP contribution is -2.45. The average Bonchev–Trinajstić information content (AvgIpc) is 2.56. The summed E-state index contributed by atoms with van der Waals surface area (Å²) in [5.41, 5.74) is 0.776. The maximum Gasteiger partial charge on any atom is 0.00697 e. The van der Waals surface area contributed by atoms with Crippen LogP contribution in [0.1, 0.15) is 81.6 Å². The molecule has 26 heavy (non-hydrogen) atoms. The predicted octanol–water partition coefficient (Wildman–Crippen LogP) is 5.71. The minimum Gasteiger partial charge on any atom is -0.309 e. The molecular formula is C23H55N3. The molecule has 3 nitrogen and oxygen atoms in total. The zero-order chi connectivity index (χ0) is 21.6. The molecule has 0 spiro atoms. The molecule has 0 aromatic rings. The fraction of sp³-hybridized carbons (Fsp3) is 1.00. The van der Waals surface area contributed by atoms with Crippen LogP contribution in [0.25, 0.3) is 0 Å². The van der Waals surface area contributed by atoms with Crippen LogP contribution in [0.5, 0.6) is 0 Å². The van der Waals surface area contributed by atoms with Gasteiger partial charge in [0.2, 0.25) is 0 Å². The molecule has 162 valence electrons. The lowest BCUT2D eigenvalue weighted by Gasteiger charge is -2.41. The molecule has 0 aliphatic rings. The minimum atomic E-state index is 0.372. The summed E-state index contributed by atoms with van der Waals surface area (Å²) in [5.74, 6) is 0. The van der Waals surface area contributed by atoms with Crippen LogP contribution in [0, 0.1) is 10.8 Å². The molecule has 0 radical (unpaired) electrons. The summed E-state index contributed by atoms with van der Waals surface area (Å²) in [7, 11) is 11.0. The third-order valence-electron chi connectivity index (χ3n) is 5.27. The van der Waals surface area contributed by atoms with Crippen LogP contribution in [0.4, 0.5) is 0 Å². The van der Waals surface area contributed by atoms with Crippen molar-refractivity contribution < 1.29 is 0 Å². The number of nitrogens with zero attached hydrogens (tertiary/aromatic N) is 3. The molecule has 0 amide bonds. The lowest BCUT2D eigenvalue weighted by molar-refractivity contribution is 0.0852. The van der Waals surface area contributed by atoms with Crippen LogP contribution in [0.3, 0.4) is 0 Å². The highest BCUT2D eigenvalue weighted by Crippen LogP contribution is 2.31. The van der Waals surface area contributed by atoms with Gasteiger partial charge in [0.05, 0.1) is 0 Å². The molecule has 3 atom stereocenters. The van der Waals surface area contributed by atoms with Gasteiger partial charge in [0.15, 0.2) is 0 Å². The molecule has 0 fully saturated rings. The maximum atomic E-state index is 2.58. The fourth-order valence-corrected chi connectivity index (χ4v) is 3.75. The van der Waals surface area contributed by atoms with E-state index >= 15 is 0 Å². The van der Waals surface area contributed by atoms with Gasteiger partial charge in [0.1, 0.15) is 0 Å². The van der Waals surface area contributed by atoms with Crippen molar-refractivity contribution in [2.75, 3.05) is 54.9 Å². The van der Waals surface area contributed by atoms with Crippen molar-refractivity contribution in [1.82, 2.24) is 14.7 Å². The molecule has 0 saturated heterocycles. The van der Waals surface area contributed by atoms with Gasteiger partial charge in [0.25, 0.3) is 0 Å². The zero-order valence-corrected chi connectivity index (χ0v) is 21.2. The van der Waals surface area contributed by atoms with Gasteiger partial charge < -0.3 is 14.7 Å². The molecule has 0 rings (SSSR count). The standard InChI is InChI=1S/C19H43N3.2C2H6/c1-11-18(4,14-20(6)7)13-17(3)22(10)16-19(5,12-2)15-21(8)9;2*1-2/h17H,11-16H2,1-10H3;2*1-2H3. The number of hydrogen-bond acceptors (Lipinski definition) is 3. The first-order valence-electron chi connectivity index (χ1n) is 11.0. The van der Waals surface area contributed by atoms with Crippen molar-refractivity contribution in [2.24, 2.45) is 10.8 Å². The molecule has 3 heteroatoms. The van der Waals surface area contributed by atoms with Crippen molar-refractivity contribution in [3.05, 3.63) is 0 Å². The van der Waals surface area contributed by atoms with Crippen LogP contribution in [-0.2, 0) is 0 Å². The van der Waals surface area contributed by atoms with Gasteiger partial charge in [-0.2, -0.15) is 0 Å². The Morgan fingerprint density at radius 1 is 0.654 bits per heavy atom. The molecule has 3 unspecified atom stereocenters. The van der Waals surface area contributed by atoms with E-state index in [-0.39, 0.29) is 0 Å². The summed E-state index contributed by atoms with van der Waals surface area (Å²) in [6.45, 7) is 23.4. The second-order valence-electron chi connectivity index (χ2n) is 8.77. The molecule has 0 aromatic carbocycles. The highest BCUT2D eigenvalue weighted by Gasteiger charge is 2.30. The van der Waals surface area contributed by atoms with E-state index in [1.165, 1.54) is 32.4 Å². The molecule has 0 aromatic heterocycles. The van der Waals surface area contributed by atoms with Gasteiger partial charge in [-0.1, -0.05) is 55.4 Å². The molecule has 0 bridgehead atoms. The van der Waals surface area contributed by atoms with Gasteiger partial charge in [0, 0.05) is 25.7 Å². The highest BCUT2D eigenvalue weighted by atomic mass is 15.2. The number of rotatable bonds is 11. The smallest absolute Gasteiger partial charge is 0.00697 e. The highest BCUT2D eigenvalue weighted by molar-refractivity contribution is 4.84. The SMILES string of the molecule is CC.CC.CCC(C)(CC(C)N(C)CC(C)(CC)CN(C)C)CN(C)C. The van der Waals surface area contributed by atoms with Crippen LogP contribution < -0.4 is 0 Å². The van der Waals surface area contributed by atoms with E-state index in [4.69, 9.17) is 0 Å². The molecule has 0 saturated carbocycles. The van der Waals surface area contributed by atoms with Gasteiger partial charge >= 0.3 is 0 Å². The van der Waals surface area contributed by atoms with Crippen LogP contribution in [0.15, 0.2) is 0 Å². The molecule has 0 heterocycles. The third-order valence-corrected chi connectivity index (χ3v) is 5.27. The Morgan fingerprint density at radius 3 is 1.31 bits per heavy atom. The van der Waals surface area contributed by atoms with Crippen molar-refractivity contribution in [1.29, 1.82) is 0 Å². The second kappa shape index (κ2) is 15.9. The first-order chi connectivity index (χ1) is 12.0. The van der Waals surface area contributed by atoms with Crippen LogP contribution >= 0.6 is 0 Å². The molecule has 0 aliphatic heterocycles. The van der Waals surface area contributed by atoms with Gasteiger partial charge in [-0.25, -0.2) is 0 Å². The van der Waals surface area contributed by atoms with Crippen molar-refractivity contribution in [3.8, 4) is 0 Å². The first kappa shape index (κ1) is 30.6. The van der Waals surface area contributed by atoms with Gasteiger partial charge in [-0.05, 0) is 72.3 Å². The summed E-state index contributed by atoms with van der Waals surface area (Å²) in [5, 5.41) is 0. The maximum absolute atomic E-state index is 2.58. The van der Waals surface area contributed by atoms with Gasteiger partial charge in [-0.15, -0.1) is 0 Å². The molecule has 0 N–H and O–H groups in total. The molecule has 0 aliphatic carbocycles. The quantitative estimate of drug-likeness (QED) is 0.459. The molecular weight excluding hydrogens is 318 g/mol. The Morgan fingerprint density at radius 2 is 1.00 bits per heavy atom. The average molecular weight is 374 g/mol. The predicted molar refractivity (Wildman–Crippen MR) is 123 cm³/mol. The van der Waals surface area contributed by atoms with Crippen LogP contribution in [0.2, 0.25) is 0 Å². The van der Waals surface area contributed by atoms with Crippen LogP contribution in [-0.4, -0.2) is 75.6 Å². The van der Waals surface area contributed by atoms with E-state index in [9.17, 15) is 0 Å². The van der Waals surface area contributed by atoms with E-state index in [1.54, 1.807) is 0 Å². The Labute approximate surface area is 168 Å². The zero-order valence-electron chi connectivity index (χ0n) is 21.2. The summed E-state index contributed by atoms with van der Waals surface area (Å²) < 4.78 is 0. The number of hydrogen-bond donors (Lipinski definition) is 0. The van der Waals surface area contributed by atoms with Crippen molar-refractivity contribution >= 4 is 0 Å². The van der Waals surface area contributed by atoms with E-state index in [0.717, 1.165) is 6.54 Å². The second-order valence-corrected chi connectivity index (χ2v) is 8.77. The largest absolute Gasteiger partial charge is 0.309 e. The summed E-state index contributed by atoms with van der Waals surface area (Å²) in [6, 6.07) is 0.623. The van der Waals surface area contributed by atoms with E-state index in [0.29, 0.717) is 16.9 Å². The summed E-state index contributed by atoms with van der Waals surface area (Å²) >= 11 is 0. The lowest BCUT2D eigenvalue weighted by atomic mass is 9.80. The Bertz CT molecular complexity index is 274. The first-order valence-corrected chi connectivity index (χ1v) is 11.0. The monoisotopic (exact) mass is 373 g/mol. The van der Waals surface area contributed by atoms with E-state index in [1.807, 2.05) is 27.7 Å². The Hall–Kier alpha value is -0.120. The van der Waals surface area contributed by atoms with Crippen molar-refractivity contribution in [3.63, 3.8) is 0 Å². The summed E-state index contributed by atoms with van der Waals surface area (Å²) in [6.07, 6.45) is 3.73. The van der Waals surface area contributed by atoms with Gasteiger partial charge in [-0.3, -0.25) is 0 Å². The topological polar surface area (TPSA) is 9.72 Å². The fourth-order valence-electron chi connectivity index (χ4n) is 3.75. The summed E-state index contributed by atoms with van der Waals surface area (Å²) in [4.78, 5) is 7.24.